The van der Waals surface area contributed by atoms with Crippen LogP contribution in [0.1, 0.15) is 40.8 Å². The van der Waals surface area contributed by atoms with Crippen LogP contribution < -0.4 is 4.74 Å². The van der Waals surface area contributed by atoms with Crippen LogP contribution in [-0.4, -0.2) is 41.5 Å². The second kappa shape index (κ2) is 7.89. The molecule has 9 heteroatoms. The van der Waals surface area contributed by atoms with Crippen molar-refractivity contribution in [1.29, 1.82) is 0 Å². The van der Waals surface area contributed by atoms with Crippen LogP contribution >= 0.6 is 0 Å². The highest BCUT2D eigenvalue weighted by molar-refractivity contribution is 7.90. The summed E-state index contributed by atoms with van der Waals surface area (Å²) in [6.45, 7) is 2.97. The van der Waals surface area contributed by atoms with Gasteiger partial charge in [0, 0.05) is 11.1 Å². The molecule has 8 nitrogen and oxygen atoms in total. The highest BCUT2D eigenvalue weighted by Gasteiger charge is 2.30. The zero-order valence-corrected chi connectivity index (χ0v) is 16.5. The molecule has 146 valence electrons. The molecule has 0 fully saturated rings. The van der Waals surface area contributed by atoms with E-state index in [4.69, 9.17) is 4.74 Å². The molecule has 0 aliphatic rings. The predicted molar refractivity (Wildman–Crippen MR) is 103 cm³/mol. The van der Waals surface area contributed by atoms with Crippen molar-refractivity contribution >= 4 is 15.6 Å². The van der Waals surface area contributed by atoms with E-state index in [1.807, 2.05) is 18.2 Å². The number of hydrogen-bond donors (Lipinski definition) is 0. The maximum absolute atomic E-state index is 13.1. The Balaban J connectivity index is 1.96. The number of Topliss-reactive ketones (excluding diaryl/α,β-unsaturated/α-hetero) is 1. The van der Waals surface area contributed by atoms with Gasteiger partial charge in [-0.3, -0.25) is 4.79 Å². The number of methoxy groups -OCH3 is 1. The number of benzene rings is 2. The highest BCUT2D eigenvalue weighted by atomic mass is 32.2. The van der Waals surface area contributed by atoms with Gasteiger partial charge in [-0.05, 0) is 54.6 Å². The highest BCUT2D eigenvalue weighted by Crippen LogP contribution is 2.29. The Labute approximate surface area is 163 Å². The number of sulfone groups is 1. The number of ketones is 1. The van der Waals surface area contributed by atoms with Crippen molar-refractivity contribution < 1.29 is 17.9 Å². The molecule has 0 N–H and O–H groups in total. The lowest BCUT2D eigenvalue weighted by atomic mass is 10.1. The van der Waals surface area contributed by atoms with Crippen molar-refractivity contribution in [3.63, 3.8) is 0 Å². The molecule has 3 rings (SSSR count). The quantitative estimate of drug-likeness (QED) is 0.561. The third-order valence-corrected chi connectivity index (χ3v) is 6.44. The van der Waals surface area contributed by atoms with E-state index in [-0.39, 0.29) is 17.4 Å². The van der Waals surface area contributed by atoms with E-state index in [0.29, 0.717) is 22.6 Å². The third kappa shape index (κ3) is 3.94. The van der Waals surface area contributed by atoms with Gasteiger partial charge in [0.05, 0.1) is 18.6 Å². The SMILES string of the molecule is COc1ccc(C(C)=O)cc1CS(=O)(=O)[C@@H](C)c1nnnn1-c1ccccc1. The van der Waals surface area contributed by atoms with Gasteiger partial charge in [0.1, 0.15) is 11.0 Å². The van der Waals surface area contributed by atoms with Crippen molar-refractivity contribution in [1.82, 2.24) is 20.2 Å². The van der Waals surface area contributed by atoms with Gasteiger partial charge in [0.25, 0.3) is 0 Å². The van der Waals surface area contributed by atoms with Crippen LogP contribution in [0.3, 0.4) is 0 Å². The second-order valence-corrected chi connectivity index (χ2v) is 8.64. The largest absolute Gasteiger partial charge is 0.496 e. The van der Waals surface area contributed by atoms with Gasteiger partial charge in [-0.2, -0.15) is 4.68 Å². The standard InChI is InChI=1S/C19H20N4O4S/c1-13(24)15-9-10-18(27-3)16(11-15)12-28(25,26)14(2)19-20-21-22-23(19)17-7-5-4-6-8-17/h4-11,14H,12H2,1-3H3/t14-/m0/s1. The fraction of sp³-hybridized carbons (Fsp3) is 0.263. The van der Waals surface area contributed by atoms with Crippen LogP contribution in [0.25, 0.3) is 5.69 Å². The Kier molecular flexibility index (Phi) is 5.55. The molecule has 0 unspecified atom stereocenters. The number of aromatic nitrogens is 4. The first-order valence-corrected chi connectivity index (χ1v) is 10.3. The Bertz CT molecular complexity index is 1090. The summed E-state index contributed by atoms with van der Waals surface area (Å²) in [4.78, 5) is 11.7. The van der Waals surface area contributed by atoms with E-state index < -0.39 is 15.1 Å². The van der Waals surface area contributed by atoms with Crippen LogP contribution in [0.5, 0.6) is 5.75 Å². The number of ether oxygens (including phenoxy) is 1. The lowest BCUT2D eigenvalue weighted by molar-refractivity contribution is 0.101. The molecular weight excluding hydrogens is 380 g/mol. The lowest BCUT2D eigenvalue weighted by Crippen LogP contribution is -2.18. The molecule has 2 aromatic carbocycles. The molecule has 0 saturated heterocycles. The topological polar surface area (TPSA) is 104 Å². The summed E-state index contributed by atoms with van der Waals surface area (Å²) in [5.41, 5.74) is 1.51. The molecule has 1 atom stereocenters. The minimum atomic E-state index is -3.70. The van der Waals surface area contributed by atoms with Crippen molar-refractivity contribution in [2.45, 2.75) is 24.9 Å². The van der Waals surface area contributed by atoms with Gasteiger partial charge in [0.15, 0.2) is 21.4 Å². The molecule has 1 aromatic heterocycles. The molecule has 0 radical (unpaired) electrons. The molecule has 0 aliphatic heterocycles. The van der Waals surface area contributed by atoms with Crippen LogP contribution in [0.4, 0.5) is 0 Å². The van der Waals surface area contributed by atoms with Gasteiger partial charge in [-0.15, -0.1) is 5.10 Å². The third-order valence-electron chi connectivity index (χ3n) is 4.44. The first-order chi connectivity index (χ1) is 13.3. The maximum atomic E-state index is 13.1. The number of hydrogen-bond acceptors (Lipinski definition) is 7. The van der Waals surface area contributed by atoms with Crippen LogP contribution in [0.15, 0.2) is 48.5 Å². The minimum Gasteiger partial charge on any atom is -0.496 e. The van der Waals surface area contributed by atoms with Gasteiger partial charge < -0.3 is 4.74 Å². The van der Waals surface area contributed by atoms with E-state index in [1.165, 1.54) is 18.7 Å². The Morgan fingerprint density at radius 1 is 1.18 bits per heavy atom. The molecule has 0 saturated carbocycles. The molecule has 3 aromatic rings. The normalized spacial score (nSPS) is 12.5. The summed E-state index contributed by atoms with van der Waals surface area (Å²) in [6.07, 6.45) is 0. The number of rotatable bonds is 7. The van der Waals surface area contributed by atoms with E-state index in [1.54, 1.807) is 37.3 Å². The fourth-order valence-corrected chi connectivity index (χ4v) is 4.19. The zero-order valence-electron chi connectivity index (χ0n) is 15.7. The van der Waals surface area contributed by atoms with E-state index >= 15 is 0 Å². The van der Waals surface area contributed by atoms with E-state index in [2.05, 4.69) is 15.5 Å². The van der Waals surface area contributed by atoms with Crippen molar-refractivity contribution in [3.05, 3.63) is 65.5 Å². The summed E-state index contributed by atoms with van der Waals surface area (Å²) >= 11 is 0. The smallest absolute Gasteiger partial charge is 0.174 e. The zero-order chi connectivity index (χ0) is 20.3. The van der Waals surface area contributed by atoms with Crippen molar-refractivity contribution in [2.24, 2.45) is 0 Å². The number of carbonyl (C=O) groups is 1. The first kappa shape index (κ1) is 19.7. The second-order valence-electron chi connectivity index (χ2n) is 6.32. The molecule has 0 aliphatic carbocycles. The van der Waals surface area contributed by atoms with Gasteiger partial charge >= 0.3 is 0 Å². The van der Waals surface area contributed by atoms with E-state index in [0.717, 1.165) is 0 Å². The molecule has 0 spiro atoms. The van der Waals surface area contributed by atoms with Gasteiger partial charge in [0.2, 0.25) is 0 Å². The number of carbonyl (C=O) groups excluding carboxylic acids is 1. The summed E-state index contributed by atoms with van der Waals surface area (Å²) in [7, 11) is -2.24. The fourth-order valence-electron chi connectivity index (χ4n) is 2.81. The Morgan fingerprint density at radius 3 is 2.54 bits per heavy atom. The van der Waals surface area contributed by atoms with Gasteiger partial charge in [-0.1, -0.05) is 18.2 Å². The molecule has 0 bridgehead atoms. The minimum absolute atomic E-state index is 0.151. The molecule has 1 heterocycles. The molecule has 28 heavy (non-hydrogen) atoms. The van der Waals surface area contributed by atoms with Crippen molar-refractivity contribution in [2.75, 3.05) is 7.11 Å². The maximum Gasteiger partial charge on any atom is 0.174 e. The molecule has 0 amide bonds. The average Bonchev–Trinajstić information content (AvgIpc) is 3.17. The monoisotopic (exact) mass is 400 g/mol. The molecular formula is C19H20N4O4S. The van der Waals surface area contributed by atoms with E-state index in [9.17, 15) is 13.2 Å². The summed E-state index contributed by atoms with van der Waals surface area (Å²) < 4.78 is 32.8. The number of para-hydroxylation sites is 1. The number of tetrazole rings is 1. The lowest BCUT2D eigenvalue weighted by Gasteiger charge is -2.15. The number of nitrogens with zero attached hydrogens (tertiary/aromatic N) is 4. The summed E-state index contributed by atoms with van der Waals surface area (Å²) in [6, 6.07) is 13.8. The Hall–Kier alpha value is -3.07. The Morgan fingerprint density at radius 2 is 1.89 bits per heavy atom. The van der Waals surface area contributed by atoms with Crippen LogP contribution in [0.2, 0.25) is 0 Å². The summed E-state index contributed by atoms with van der Waals surface area (Å²) in [5, 5.41) is 10.5. The van der Waals surface area contributed by atoms with Crippen molar-refractivity contribution in [3.8, 4) is 11.4 Å². The summed E-state index contributed by atoms with van der Waals surface area (Å²) in [5.74, 6) is 0.166. The van der Waals surface area contributed by atoms with Gasteiger partial charge in [-0.25, -0.2) is 8.42 Å². The predicted octanol–water partition coefficient (Wildman–Crippen LogP) is 2.55. The first-order valence-electron chi connectivity index (χ1n) is 8.56. The van der Waals surface area contributed by atoms with Crippen LogP contribution in [-0.2, 0) is 15.6 Å². The van der Waals surface area contributed by atoms with Crippen LogP contribution in [0, 0.1) is 0 Å². The average molecular weight is 400 g/mol.